The van der Waals surface area contributed by atoms with Crippen molar-refractivity contribution < 1.29 is 8.42 Å². The first-order valence-corrected chi connectivity index (χ1v) is 8.95. The smallest absolute Gasteiger partial charge is 0.243 e. The number of sulfonamides is 1. The molecule has 23 heavy (non-hydrogen) atoms. The van der Waals surface area contributed by atoms with Gasteiger partial charge in [-0.05, 0) is 45.3 Å². The first-order valence-electron chi connectivity index (χ1n) is 7.51. The molecule has 0 aliphatic heterocycles. The van der Waals surface area contributed by atoms with E-state index in [1.165, 1.54) is 4.31 Å². The molecule has 0 N–H and O–H groups in total. The zero-order valence-corrected chi connectivity index (χ0v) is 14.6. The second-order valence-corrected chi connectivity index (χ2v) is 7.71. The molecule has 0 atom stereocenters. The molecule has 6 heteroatoms. The summed E-state index contributed by atoms with van der Waals surface area (Å²) in [5.41, 5.74) is 1.77. The maximum atomic E-state index is 12.9. The van der Waals surface area contributed by atoms with Crippen LogP contribution in [0.4, 0.5) is 0 Å². The van der Waals surface area contributed by atoms with E-state index in [2.05, 4.69) is 4.98 Å². The Morgan fingerprint density at radius 2 is 1.70 bits per heavy atom. The molecule has 1 aromatic carbocycles. The zero-order valence-electron chi connectivity index (χ0n) is 13.8. The number of nitrogens with zero attached hydrogens (tertiary/aromatic N) is 3. The van der Waals surface area contributed by atoms with Gasteiger partial charge in [-0.1, -0.05) is 23.8 Å². The number of pyridine rings is 1. The molecular formula is C17H23N3O2S. The molecule has 0 aliphatic rings. The van der Waals surface area contributed by atoms with Crippen LogP contribution in [0.1, 0.15) is 11.3 Å². The Kier molecular flexibility index (Phi) is 5.87. The predicted octanol–water partition coefficient (Wildman–Crippen LogP) is 2.14. The molecule has 0 spiro atoms. The minimum atomic E-state index is -3.55. The lowest BCUT2D eigenvalue weighted by atomic mass is 10.2. The number of aromatic nitrogens is 1. The van der Waals surface area contributed by atoms with Gasteiger partial charge in [0.2, 0.25) is 10.0 Å². The van der Waals surface area contributed by atoms with Crippen molar-refractivity contribution in [1.29, 1.82) is 0 Å². The molecule has 2 rings (SSSR count). The van der Waals surface area contributed by atoms with Gasteiger partial charge in [0.25, 0.3) is 0 Å². The van der Waals surface area contributed by atoms with Crippen LogP contribution in [0.3, 0.4) is 0 Å². The molecule has 0 amide bonds. The molecule has 1 heterocycles. The van der Waals surface area contributed by atoms with Crippen LogP contribution in [0.25, 0.3) is 0 Å². The Labute approximate surface area is 138 Å². The van der Waals surface area contributed by atoms with Crippen LogP contribution >= 0.6 is 0 Å². The Morgan fingerprint density at radius 1 is 1.00 bits per heavy atom. The molecule has 0 aliphatic carbocycles. The molecule has 124 valence electrons. The van der Waals surface area contributed by atoms with Gasteiger partial charge in [-0.2, -0.15) is 4.31 Å². The van der Waals surface area contributed by atoms with E-state index in [0.717, 1.165) is 11.3 Å². The van der Waals surface area contributed by atoms with E-state index in [1.807, 2.05) is 56.3 Å². The summed E-state index contributed by atoms with van der Waals surface area (Å²) < 4.78 is 27.4. The highest BCUT2D eigenvalue weighted by atomic mass is 32.2. The number of hydrogen-bond acceptors (Lipinski definition) is 4. The molecule has 2 aromatic rings. The summed E-state index contributed by atoms with van der Waals surface area (Å²) in [6, 6.07) is 12.5. The minimum absolute atomic E-state index is 0.269. The Balaban J connectivity index is 2.29. The molecule has 1 aromatic heterocycles. The van der Waals surface area contributed by atoms with Crippen LogP contribution in [-0.4, -0.2) is 49.8 Å². The lowest BCUT2D eigenvalue weighted by Crippen LogP contribution is -2.36. The van der Waals surface area contributed by atoms with Crippen LogP contribution in [0.2, 0.25) is 0 Å². The van der Waals surface area contributed by atoms with Crippen LogP contribution in [0, 0.1) is 6.92 Å². The highest BCUT2D eigenvalue weighted by Crippen LogP contribution is 2.18. The monoisotopic (exact) mass is 333 g/mol. The van der Waals surface area contributed by atoms with E-state index in [1.54, 1.807) is 18.3 Å². The van der Waals surface area contributed by atoms with E-state index >= 15 is 0 Å². The number of hydrogen-bond donors (Lipinski definition) is 0. The van der Waals surface area contributed by atoms with E-state index in [0.29, 0.717) is 18.0 Å². The first kappa shape index (κ1) is 17.6. The summed E-state index contributed by atoms with van der Waals surface area (Å²) in [5.74, 6) is 0. The summed E-state index contributed by atoms with van der Waals surface area (Å²) in [6.45, 7) is 3.27. The lowest BCUT2D eigenvalue weighted by Gasteiger charge is -2.23. The van der Waals surface area contributed by atoms with Crippen LogP contribution in [-0.2, 0) is 16.6 Å². The summed E-state index contributed by atoms with van der Waals surface area (Å²) in [6.07, 6.45) is 1.68. The topological polar surface area (TPSA) is 53.5 Å². The van der Waals surface area contributed by atoms with Gasteiger partial charge < -0.3 is 4.90 Å². The Morgan fingerprint density at radius 3 is 2.26 bits per heavy atom. The van der Waals surface area contributed by atoms with Gasteiger partial charge in [0.1, 0.15) is 0 Å². The van der Waals surface area contributed by atoms with Gasteiger partial charge in [-0.25, -0.2) is 8.42 Å². The molecular weight excluding hydrogens is 310 g/mol. The van der Waals surface area contributed by atoms with Crippen LogP contribution in [0.15, 0.2) is 53.6 Å². The predicted molar refractivity (Wildman–Crippen MR) is 91.6 cm³/mol. The van der Waals surface area contributed by atoms with Gasteiger partial charge in [-0.15, -0.1) is 0 Å². The number of benzene rings is 1. The summed E-state index contributed by atoms with van der Waals surface area (Å²) in [7, 11) is 0.311. The van der Waals surface area contributed by atoms with Gasteiger partial charge in [-0.3, -0.25) is 4.98 Å². The van der Waals surface area contributed by atoms with Gasteiger partial charge in [0.05, 0.1) is 17.1 Å². The quantitative estimate of drug-likeness (QED) is 0.779. The minimum Gasteiger partial charge on any atom is -0.308 e. The molecule has 5 nitrogen and oxygen atoms in total. The Hall–Kier alpha value is -1.76. The van der Waals surface area contributed by atoms with Crippen molar-refractivity contribution in [2.45, 2.75) is 18.4 Å². The average Bonchev–Trinajstić information content (AvgIpc) is 2.52. The third-order valence-corrected chi connectivity index (χ3v) is 5.38. The number of aryl methyl sites for hydroxylation is 1. The average molecular weight is 333 g/mol. The highest BCUT2D eigenvalue weighted by Gasteiger charge is 2.24. The summed E-state index contributed by atoms with van der Waals surface area (Å²) in [4.78, 5) is 6.53. The lowest BCUT2D eigenvalue weighted by molar-refractivity contribution is 0.327. The van der Waals surface area contributed by atoms with Crippen molar-refractivity contribution in [2.75, 3.05) is 27.2 Å². The number of likely N-dealkylation sites (N-methyl/N-ethyl adjacent to an activating group) is 1. The van der Waals surface area contributed by atoms with Crippen molar-refractivity contribution in [1.82, 2.24) is 14.2 Å². The van der Waals surface area contributed by atoms with Crippen molar-refractivity contribution in [2.24, 2.45) is 0 Å². The Bertz CT molecular complexity index is 713. The second-order valence-electron chi connectivity index (χ2n) is 5.78. The van der Waals surface area contributed by atoms with Crippen molar-refractivity contribution in [3.63, 3.8) is 0 Å². The third kappa shape index (κ3) is 4.86. The van der Waals surface area contributed by atoms with Gasteiger partial charge >= 0.3 is 0 Å². The van der Waals surface area contributed by atoms with Gasteiger partial charge in [0, 0.05) is 19.3 Å². The van der Waals surface area contributed by atoms with Crippen LogP contribution < -0.4 is 0 Å². The van der Waals surface area contributed by atoms with E-state index in [4.69, 9.17) is 0 Å². The molecule has 0 bridgehead atoms. The summed E-state index contributed by atoms with van der Waals surface area (Å²) >= 11 is 0. The van der Waals surface area contributed by atoms with Crippen molar-refractivity contribution in [3.8, 4) is 0 Å². The fourth-order valence-electron chi connectivity index (χ4n) is 2.13. The fourth-order valence-corrected chi connectivity index (χ4v) is 3.53. The zero-order chi connectivity index (χ0) is 16.9. The van der Waals surface area contributed by atoms with E-state index in [-0.39, 0.29) is 6.54 Å². The van der Waals surface area contributed by atoms with E-state index in [9.17, 15) is 8.42 Å². The highest BCUT2D eigenvalue weighted by molar-refractivity contribution is 7.89. The number of rotatable bonds is 7. The maximum Gasteiger partial charge on any atom is 0.243 e. The first-order chi connectivity index (χ1) is 10.9. The molecule has 0 unspecified atom stereocenters. The SMILES string of the molecule is Cc1ccc(S(=O)(=O)N(CCN(C)C)Cc2ccccn2)cc1. The van der Waals surface area contributed by atoms with Crippen LogP contribution in [0.5, 0.6) is 0 Å². The standard InChI is InChI=1S/C17H23N3O2S/c1-15-7-9-17(10-8-15)23(21,22)20(13-12-19(2)3)14-16-6-4-5-11-18-16/h4-11H,12-14H2,1-3H3. The van der Waals surface area contributed by atoms with Gasteiger partial charge in [0.15, 0.2) is 0 Å². The summed E-state index contributed by atoms with van der Waals surface area (Å²) in [5, 5.41) is 0. The molecule has 0 saturated heterocycles. The van der Waals surface area contributed by atoms with Crippen molar-refractivity contribution in [3.05, 3.63) is 59.9 Å². The second kappa shape index (κ2) is 7.68. The van der Waals surface area contributed by atoms with Crippen molar-refractivity contribution >= 4 is 10.0 Å². The third-order valence-electron chi connectivity index (χ3n) is 3.52. The molecule has 0 fully saturated rings. The normalized spacial score (nSPS) is 12.0. The molecule has 0 saturated carbocycles. The largest absolute Gasteiger partial charge is 0.308 e. The fraction of sp³-hybridized carbons (Fsp3) is 0.353. The maximum absolute atomic E-state index is 12.9. The van der Waals surface area contributed by atoms with E-state index < -0.39 is 10.0 Å². The molecule has 0 radical (unpaired) electrons.